The Balaban J connectivity index is 1.77. The van der Waals surface area contributed by atoms with Crippen LogP contribution in [-0.4, -0.2) is 22.5 Å². The second kappa shape index (κ2) is 13.2. The van der Waals surface area contributed by atoms with Crippen LogP contribution in [0.2, 0.25) is 0 Å². The first-order valence-corrected chi connectivity index (χ1v) is 12.2. The highest BCUT2D eigenvalue weighted by Crippen LogP contribution is 2.28. The lowest BCUT2D eigenvalue weighted by Gasteiger charge is -2.08. The zero-order chi connectivity index (χ0) is 25.9. The summed E-state index contributed by atoms with van der Waals surface area (Å²) in [6.45, 7) is 2.84. The normalized spacial score (nSPS) is 11.1. The molecule has 3 aromatic rings. The van der Waals surface area contributed by atoms with Crippen molar-refractivity contribution in [1.82, 2.24) is 0 Å². The fourth-order valence-electron chi connectivity index (χ4n) is 3.98. The van der Waals surface area contributed by atoms with Crippen molar-refractivity contribution in [1.29, 1.82) is 0 Å². The van der Waals surface area contributed by atoms with E-state index in [4.69, 9.17) is 0 Å². The average Bonchev–Trinajstić information content (AvgIpc) is 2.87. The van der Waals surface area contributed by atoms with Crippen LogP contribution in [0.1, 0.15) is 66.9 Å². The molecule has 0 saturated heterocycles. The summed E-state index contributed by atoms with van der Waals surface area (Å²) < 4.78 is 13.3. The maximum absolute atomic E-state index is 13.3. The summed E-state index contributed by atoms with van der Waals surface area (Å²) in [5.41, 5.74) is 3.05. The molecule has 188 valence electrons. The zero-order valence-electron chi connectivity index (χ0n) is 20.4. The van der Waals surface area contributed by atoms with Gasteiger partial charge in [-0.2, -0.15) is 0 Å². The number of carboxylic acids is 1. The molecule has 7 heteroatoms. The molecular formula is C29H31FN2O4. The molecule has 3 aromatic carbocycles. The Bertz CT molecular complexity index is 1220. The Morgan fingerprint density at radius 2 is 1.64 bits per heavy atom. The highest BCUT2D eigenvalue weighted by atomic mass is 19.1. The molecule has 0 spiro atoms. The first-order valence-electron chi connectivity index (χ1n) is 12.2. The number of nitro benzene ring substituents is 1. The summed E-state index contributed by atoms with van der Waals surface area (Å²) in [7, 11) is 0. The van der Waals surface area contributed by atoms with Gasteiger partial charge in [-0.25, -0.2) is 9.18 Å². The lowest BCUT2D eigenvalue weighted by molar-refractivity contribution is -0.384. The fourth-order valence-corrected chi connectivity index (χ4v) is 3.98. The Hall–Kier alpha value is -4.00. The number of aromatic carboxylic acids is 1. The number of hydrogen-bond donors (Lipinski definition) is 2. The van der Waals surface area contributed by atoms with E-state index in [0.717, 1.165) is 24.0 Å². The van der Waals surface area contributed by atoms with Crippen LogP contribution >= 0.6 is 0 Å². The predicted octanol–water partition coefficient (Wildman–Crippen LogP) is 8.04. The quantitative estimate of drug-likeness (QED) is 0.109. The maximum Gasteiger partial charge on any atom is 0.336 e. The van der Waals surface area contributed by atoms with Crippen molar-refractivity contribution in [2.45, 2.75) is 45.4 Å². The summed E-state index contributed by atoms with van der Waals surface area (Å²) >= 11 is 0. The molecule has 0 saturated carbocycles. The highest BCUT2D eigenvalue weighted by Gasteiger charge is 2.14. The Morgan fingerprint density at radius 1 is 0.944 bits per heavy atom. The van der Waals surface area contributed by atoms with Gasteiger partial charge in [0, 0.05) is 12.6 Å². The number of nitrogens with one attached hydrogen (secondary N) is 1. The van der Waals surface area contributed by atoms with Crippen molar-refractivity contribution in [3.63, 3.8) is 0 Å². The van der Waals surface area contributed by atoms with Gasteiger partial charge in [0.2, 0.25) is 0 Å². The van der Waals surface area contributed by atoms with Crippen LogP contribution < -0.4 is 5.32 Å². The van der Waals surface area contributed by atoms with Crippen LogP contribution in [0.3, 0.4) is 0 Å². The minimum absolute atomic E-state index is 0.0262. The van der Waals surface area contributed by atoms with Crippen molar-refractivity contribution in [3.05, 3.63) is 93.3 Å². The van der Waals surface area contributed by atoms with Gasteiger partial charge in [-0.3, -0.25) is 10.1 Å². The monoisotopic (exact) mass is 490 g/mol. The largest absolute Gasteiger partial charge is 0.478 e. The van der Waals surface area contributed by atoms with Crippen LogP contribution in [-0.2, 0) is 0 Å². The Morgan fingerprint density at radius 3 is 2.33 bits per heavy atom. The van der Waals surface area contributed by atoms with E-state index in [1.165, 1.54) is 49.9 Å². The summed E-state index contributed by atoms with van der Waals surface area (Å²) in [5, 5.41) is 24.4. The molecule has 3 rings (SSSR count). The lowest BCUT2D eigenvalue weighted by atomic mass is 9.98. The molecule has 0 fully saturated rings. The van der Waals surface area contributed by atoms with Crippen LogP contribution in [0, 0.1) is 15.9 Å². The first kappa shape index (κ1) is 26.6. The summed E-state index contributed by atoms with van der Waals surface area (Å²) in [6.07, 6.45) is 10.1. The van der Waals surface area contributed by atoms with E-state index in [-0.39, 0.29) is 17.1 Å². The van der Waals surface area contributed by atoms with Crippen molar-refractivity contribution >= 4 is 29.5 Å². The van der Waals surface area contributed by atoms with Crippen molar-refractivity contribution in [3.8, 4) is 11.1 Å². The van der Waals surface area contributed by atoms with E-state index in [9.17, 15) is 24.4 Å². The molecule has 6 nitrogen and oxygen atoms in total. The van der Waals surface area contributed by atoms with Crippen LogP contribution in [0.5, 0.6) is 0 Å². The molecule has 36 heavy (non-hydrogen) atoms. The molecule has 0 aliphatic carbocycles. The van der Waals surface area contributed by atoms with Gasteiger partial charge in [0.05, 0.1) is 10.5 Å². The van der Waals surface area contributed by atoms with Crippen LogP contribution in [0.4, 0.5) is 15.8 Å². The van der Waals surface area contributed by atoms with Crippen molar-refractivity contribution in [2.75, 3.05) is 11.9 Å². The Kier molecular flexibility index (Phi) is 9.74. The van der Waals surface area contributed by atoms with E-state index in [1.54, 1.807) is 48.6 Å². The third-order valence-corrected chi connectivity index (χ3v) is 5.98. The third-order valence-electron chi connectivity index (χ3n) is 5.98. The number of rotatable bonds is 13. The summed E-state index contributed by atoms with van der Waals surface area (Å²) in [5.74, 6) is -1.44. The van der Waals surface area contributed by atoms with E-state index in [1.807, 2.05) is 0 Å². The van der Waals surface area contributed by atoms with Crippen LogP contribution in [0.15, 0.2) is 60.7 Å². The number of carbonyl (C=O) groups is 1. The smallest absolute Gasteiger partial charge is 0.336 e. The minimum Gasteiger partial charge on any atom is -0.478 e. The van der Waals surface area contributed by atoms with E-state index >= 15 is 0 Å². The molecule has 0 aromatic heterocycles. The minimum atomic E-state index is -1.08. The average molecular weight is 491 g/mol. The predicted molar refractivity (Wildman–Crippen MR) is 143 cm³/mol. The number of unbranched alkanes of at least 4 members (excludes halogenated alkanes) is 5. The van der Waals surface area contributed by atoms with Crippen molar-refractivity contribution in [2.24, 2.45) is 0 Å². The number of benzene rings is 3. The number of halogens is 1. The maximum atomic E-state index is 13.3. The molecule has 0 radical (unpaired) electrons. The molecule has 0 unspecified atom stereocenters. The molecule has 0 atom stereocenters. The number of carboxylic acid groups (broad SMARTS) is 1. The van der Waals surface area contributed by atoms with Crippen LogP contribution in [0.25, 0.3) is 23.3 Å². The molecule has 0 heterocycles. The van der Waals surface area contributed by atoms with E-state index < -0.39 is 10.9 Å². The van der Waals surface area contributed by atoms with Gasteiger partial charge in [0.25, 0.3) is 5.69 Å². The number of hydrogen-bond acceptors (Lipinski definition) is 4. The number of nitro groups is 1. The van der Waals surface area contributed by atoms with Gasteiger partial charge in [-0.1, -0.05) is 75.4 Å². The first-order chi connectivity index (χ1) is 17.4. The lowest BCUT2D eigenvalue weighted by Crippen LogP contribution is -2.04. The molecular weight excluding hydrogens is 459 g/mol. The Labute approximate surface area is 210 Å². The topological polar surface area (TPSA) is 92.5 Å². The standard InChI is InChI=1S/C29H31FN2O4/c1-2-3-4-5-6-7-18-31-27-17-9-21(19-28(27)32(35)36)8-10-24-20-23(13-16-26(24)29(33)34)22-11-14-25(30)15-12-22/h8-17,19-20,31H,2-7,18H2,1H3,(H,33,34)/b10-8+. The van der Waals surface area contributed by atoms with Gasteiger partial charge in [0.15, 0.2) is 0 Å². The number of nitrogens with zero attached hydrogens (tertiary/aromatic N) is 1. The number of anilines is 1. The zero-order valence-corrected chi connectivity index (χ0v) is 20.4. The summed E-state index contributed by atoms with van der Waals surface area (Å²) in [4.78, 5) is 23.0. The molecule has 0 aliphatic heterocycles. The second-order valence-electron chi connectivity index (χ2n) is 8.68. The molecule has 0 aliphatic rings. The highest BCUT2D eigenvalue weighted by molar-refractivity contribution is 5.94. The van der Waals surface area contributed by atoms with Gasteiger partial charge in [-0.05, 0) is 59.0 Å². The molecule has 0 amide bonds. The van der Waals surface area contributed by atoms with Gasteiger partial charge in [-0.15, -0.1) is 0 Å². The molecule has 2 N–H and O–H groups in total. The van der Waals surface area contributed by atoms with Crippen molar-refractivity contribution < 1.29 is 19.2 Å². The van der Waals surface area contributed by atoms with Gasteiger partial charge in [0.1, 0.15) is 11.5 Å². The SMILES string of the molecule is CCCCCCCCNc1ccc(/C=C/c2cc(-c3ccc(F)cc3)ccc2C(=O)O)cc1[N+](=O)[O-]. The molecule has 0 bridgehead atoms. The third kappa shape index (κ3) is 7.50. The van der Waals surface area contributed by atoms with E-state index in [0.29, 0.717) is 23.4 Å². The fraction of sp³-hybridized carbons (Fsp3) is 0.276. The van der Waals surface area contributed by atoms with Gasteiger partial charge >= 0.3 is 5.97 Å². The second-order valence-corrected chi connectivity index (χ2v) is 8.68. The van der Waals surface area contributed by atoms with E-state index in [2.05, 4.69) is 12.2 Å². The summed E-state index contributed by atoms with van der Waals surface area (Å²) in [6, 6.07) is 15.7. The van der Waals surface area contributed by atoms with Gasteiger partial charge < -0.3 is 10.4 Å².